The van der Waals surface area contributed by atoms with Crippen molar-refractivity contribution in [3.8, 4) is 0 Å². The molecule has 0 aliphatic carbocycles. The number of amides is 1. The largest absolute Gasteiger partial charge is 0.346 e. The minimum Gasteiger partial charge on any atom is -0.346 e. The minimum absolute atomic E-state index is 0.133. The van der Waals surface area contributed by atoms with Crippen molar-refractivity contribution >= 4 is 15.9 Å². The highest BCUT2D eigenvalue weighted by Crippen LogP contribution is 2.26. The van der Waals surface area contributed by atoms with Crippen LogP contribution in [-0.2, 0) is 10.0 Å². The van der Waals surface area contributed by atoms with Crippen molar-refractivity contribution in [2.45, 2.75) is 51.0 Å². The van der Waals surface area contributed by atoms with Gasteiger partial charge in [-0.25, -0.2) is 8.42 Å². The monoisotopic (exact) mass is 408 g/mol. The van der Waals surface area contributed by atoms with E-state index >= 15 is 0 Å². The number of nitrogens with zero attached hydrogens (tertiary/aromatic N) is 1. The smallest absolute Gasteiger partial charge is 0.251 e. The van der Waals surface area contributed by atoms with Gasteiger partial charge in [-0.2, -0.15) is 4.31 Å². The highest BCUT2D eigenvalue weighted by Gasteiger charge is 2.32. The molecule has 7 heteroatoms. The lowest BCUT2D eigenvalue weighted by Gasteiger charge is -2.34. The minimum atomic E-state index is -3.51. The summed E-state index contributed by atoms with van der Waals surface area (Å²) in [6.45, 7) is 10.4. The van der Waals surface area contributed by atoms with Gasteiger partial charge >= 0.3 is 0 Å². The highest BCUT2D eigenvalue weighted by molar-refractivity contribution is 7.89. The van der Waals surface area contributed by atoms with E-state index in [1.54, 1.807) is 33.5 Å². The fourth-order valence-electron chi connectivity index (χ4n) is 4.74. The number of hydrogen-bond acceptors (Lipinski definition) is 3. The Labute approximate surface area is 169 Å². The van der Waals surface area contributed by atoms with Crippen LogP contribution in [0.2, 0.25) is 0 Å². The Hall–Kier alpha value is -1.44. The first-order chi connectivity index (χ1) is 13.3. The lowest BCUT2D eigenvalue weighted by Crippen LogP contribution is -3.14. The number of nitrogens with one attached hydrogen (secondary N) is 2. The van der Waals surface area contributed by atoms with Gasteiger partial charge < -0.3 is 10.2 Å². The summed E-state index contributed by atoms with van der Waals surface area (Å²) in [5.74, 6) is 0.597. The molecule has 4 atom stereocenters. The van der Waals surface area contributed by atoms with E-state index in [0.717, 1.165) is 19.4 Å². The van der Waals surface area contributed by atoms with Crippen LogP contribution in [0.25, 0.3) is 0 Å². The zero-order valence-electron chi connectivity index (χ0n) is 17.3. The number of benzene rings is 1. The Kier molecular flexibility index (Phi) is 6.78. The number of likely N-dealkylation sites (N-methyl/N-ethyl adjacent to an activating group) is 1. The summed E-state index contributed by atoms with van der Waals surface area (Å²) in [5.41, 5.74) is 0.510. The molecule has 0 aromatic heterocycles. The molecule has 2 aliphatic rings. The van der Waals surface area contributed by atoms with Crippen LogP contribution in [0.5, 0.6) is 0 Å². The number of likely N-dealkylation sites (tertiary alicyclic amines) is 1. The molecular weight excluding hydrogens is 374 g/mol. The van der Waals surface area contributed by atoms with Crippen LogP contribution in [0.3, 0.4) is 0 Å². The zero-order chi connectivity index (χ0) is 20.3. The molecule has 1 aromatic carbocycles. The fraction of sp³-hybridized carbons (Fsp3) is 0.667. The van der Waals surface area contributed by atoms with Crippen LogP contribution in [0, 0.1) is 11.8 Å². The molecule has 0 saturated carbocycles. The van der Waals surface area contributed by atoms with Gasteiger partial charge in [0.05, 0.1) is 24.5 Å². The van der Waals surface area contributed by atoms with Gasteiger partial charge in [0.15, 0.2) is 0 Å². The number of rotatable bonds is 6. The van der Waals surface area contributed by atoms with E-state index < -0.39 is 10.0 Å². The predicted octanol–water partition coefficient (Wildman–Crippen LogP) is 1.15. The van der Waals surface area contributed by atoms with E-state index in [9.17, 15) is 13.2 Å². The van der Waals surface area contributed by atoms with Crippen LogP contribution in [-0.4, -0.2) is 57.4 Å². The molecule has 156 valence electrons. The number of piperidine rings is 1. The summed E-state index contributed by atoms with van der Waals surface area (Å²) < 4.78 is 27.5. The van der Waals surface area contributed by atoms with Crippen LogP contribution < -0.4 is 10.2 Å². The van der Waals surface area contributed by atoms with Crippen molar-refractivity contribution in [2.24, 2.45) is 11.8 Å². The van der Waals surface area contributed by atoms with Crippen LogP contribution in [0.4, 0.5) is 0 Å². The number of hydrogen-bond donors (Lipinski definition) is 2. The van der Waals surface area contributed by atoms with E-state index in [4.69, 9.17) is 0 Å². The van der Waals surface area contributed by atoms with Gasteiger partial charge in [-0.15, -0.1) is 0 Å². The number of carbonyl (C=O) groups is 1. The molecule has 1 unspecified atom stereocenters. The van der Waals surface area contributed by atoms with E-state index in [1.807, 2.05) is 0 Å². The van der Waals surface area contributed by atoms with E-state index in [0.29, 0.717) is 43.1 Å². The summed E-state index contributed by atoms with van der Waals surface area (Å²) in [6.07, 6.45) is 3.42. The van der Waals surface area contributed by atoms with Gasteiger partial charge in [-0.3, -0.25) is 4.79 Å². The Morgan fingerprint density at radius 1 is 1.18 bits per heavy atom. The Morgan fingerprint density at radius 3 is 2.43 bits per heavy atom. The second-order valence-corrected chi connectivity index (χ2v) is 10.5. The molecule has 1 aromatic rings. The lowest BCUT2D eigenvalue weighted by atomic mass is 9.94. The van der Waals surface area contributed by atoms with Gasteiger partial charge in [-0.1, -0.05) is 13.8 Å². The summed E-state index contributed by atoms with van der Waals surface area (Å²) in [7, 11) is -3.51. The first-order valence-corrected chi connectivity index (χ1v) is 12.0. The van der Waals surface area contributed by atoms with E-state index in [-0.39, 0.29) is 10.8 Å². The molecule has 2 heterocycles. The Bertz CT molecular complexity index is 769. The maximum Gasteiger partial charge on any atom is 0.251 e. The number of sulfonamides is 1. The van der Waals surface area contributed by atoms with Crippen molar-refractivity contribution in [3.63, 3.8) is 0 Å². The zero-order valence-corrected chi connectivity index (χ0v) is 18.1. The normalized spacial score (nSPS) is 29.0. The second kappa shape index (κ2) is 8.93. The first-order valence-electron chi connectivity index (χ1n) is 10.5. The van der Waals surface area contributed by atoms with Crippen molar-refractivity contribution < 1.29 is 18.1 Å². The van der Waals surface area contributed by atoms with Crippen molar-refractivity contribution in [1.29, 1.82) is 0 Å². The molecular formula is C21H34N3O3S+. The summed E-state index contributed by atoms with van der Waals surface area (Å²) >= 11 is 0. The summed E-state index contributed by atoms with van der Waals surface area (Å²) in [5, 5.41) is 3.02. The Morgan fingerprint density at radius 2 is 1.82 bits per heavy atom. The third kappa shape index (κ3) is 4.75. The maximum absolute atomic E-state index is 13.0. The maximum atomic E-state index is 13.0. The summed E-state index contributed by atoms with van der Waals surface area (Å²) in [6, 6.07) is 6.85. The van der Waals surface area contributed by atoms with Crippen LogP contribution in [0.15, 0.2) is 29.2 Å². The van der Waals surface area contributed by atoms with Crippen LogP contribution in [0.1, 0.15) is 50.4 Å². The molecule has 0 bridgehead atoms. The summed E-state index contributed by atoms with van der Waals surface area (Å²) in [4.78, 5) is 14.3. The molecule has 0 radical (unpaired) electrons. The third-order valence-electron chi connectivity index (χ3n) is 6.18. The molecule has 28 heavy (non-hydrogen) atoms. The van der Waals surface area contributed by atoms with Gasteiger partial charge in [0.25, 0.3) is 5.91 Å². The SMILES string of the molecule is CC[NH+]1CCC[C@@H]1CNC(=O)c1ccc(S(=O)(=O)N2C[C@H](C)C[C@H](C)C2)cc1. The molecule has 2 fully saturated rings. The van der Waals surface area contributed by atoms with Crippen LogP contribution >= 0.6 is 0 Å². The standard InChI is InChI=1S/C21H33N3O3S/c1-4-23-11-5-6-19(23)13-22-21(25)18-7-9-20(10-8-18)28(26,27)24-14-16(2)12-17(3)15-24/h7-10,16-17,19H,4-6,11-15H2,1-3H3,(H,22,25)/p+1/t16-,17+,19-/m1/s1. The van der Waals surface area contributed by atoms with Crippen molar-refractivity contribution in [3.05, 3.63) is 29.8 Å². The van der Waals surface area contributed by atoms with Gasteiger partial charge in [0, 0.05) is 31.5 Å². The molecule has 6 nitrogen and oxygen atoms in total. The van der Waals surface area contributed by atoms with Crippen molar-refractivity contribution in [2.75, 3.05) is 32.7 Å². The number of carbonyl (C=O) groups excluding carboxylic acids is 1. The molecule has 0 spiro atoms. The average Bonchev–Trinajstić information content (AvgIpc) is 3.13. The second-order valence-electron chi connectivity index (χ2n) is 8.60. The Balaban J connectivity index is 1.63. The topological polar surface area (TPSA) is 70.9 Å². The molecule has 1 amide bonds. The quantitative estimate of drug-likeness (QED) is 0.742. The van der Waals surface area contributed by atoms with E-state index in [2.05, 4.69) is 26.1 Å². The average molecular weight is 409 g/mol. The van der Waals surface area contributed by atoms with Gasteiger partial charge in [0.1, 0.15) is 6.04 Å². The third-order valence-corrected chi connectivity index (χ3v) is 8.03. The highest BCUT2D eigenvalue weighted by atomic mass is 32.2. The number of quaternary nitrogens is 1. The molecule has 2 N–H and O–H groups in total. The lowest BCUT2D eigenvalue weighted by molar-refractivity contribution is -0.909. The molecule has 2 aliphatic heterocycles. The first kappa shape index (κ1) is 21.3. The van der Waals surface area contributed by atoms with Gasteiger partial charge in [0.2, 0.25) is 10.0 Å². The fourth-order valence-corrected chi connectivity index (χ4v) is 6.42. The predicted molar refractivity (Wildman–Crippen MR) is 110 cm³/mol. The van der Waals surface area contributed by atoms with Crippen molar-refractivity contribution in [1.82, 2.24) is 9.62 Å². The van der Waals surface area contributed by atoms with Gasteiger partial charge in [-0.05, 0) is 49.4 Å². The molecule has 3 rings (SSSR count). The molecule has 2 saturated heterocycles. The van der Waals surface area contributed by atoms with E-state index in [1.165, 1.54) is 13.0 Å².